The van der Waals surface area contributed by atoms with Gasteiger partial charge < -0.3 is 4.74 Å². The molecular weight excluding hydrogens is 262 g/mol. The smallest absolute Gasteiger partial charge is 0.414 e. The molecule has 1 rings (SSSR count). The van der Waals surface area contributed by atoms with Gasteiger partial charge in [0, 0.05) is 0 Å². The third-order valence-electron chi connectivity index (χ3n) is 1.58. The molecule has 80 valence electrons. The second kappa shape index (κ2) is 6.19. The van der Waals surface area contributed by atoms with Crippen molar-refractivity contribution in [2.24, 2.45) is 0 Å². The van der Waals surface area contributed by atoms with Gasteiger partial charge in [-0.3, -0.25) is 10.1 Å². The second-order valence-electron chi connectivity index (χ2n) is 2.74. The maximum atomic E-state index is 11.0. The molecule has 15 heavy (non-hydrogen) atoms. The summed E-state index contributed by atoms with van der Waals surface area (Å²) in [7, 11) is 0. The first-order chi connectivity index (χ1) is 7.22. The van der Waals surface area contributed by atoms with E-state index >= 15 is 0 Å². The SMILES string of the molecule is O=C(CBr)NC(=O)OCc1ccccc1. The molecule has 0 aliphatic carbocycles. The number of nitrogens with one attached hydrogen (secondary N) is 1. The van der Waals surface area contributed by atoms with Crippen LogP contribution in [0.25, 0.3) is 0 Å². The Morgan fingerprint density at radius 1 is 1.27 bits per heavy atom. The molecule has 0 fully saturated rings. The zero-order valence-electron chi connectivity index (χ0n) is 7.90. The Kier molecular flexibility index (Phi) is 4.83. The van der Waals surface area contributed by atoms with Crippen LogP contribution < -0.4 is 5.32 Å². The molecule has 0 radical (unpaired) electrons. The highest BCUT2D eigenvalue weighted by Crippen LogP contribution is 2.00. The van der Waals surface area contributed by atoms with E-state index < -0.39 is 12.0 Å². The predicted molar refractivity (Wildman–Crippen MR) is 58.6 cm³/mol. The van der Waals surface area contributed by atoms with Crippen molar-refractivity contribution in [1.29, 1.82) is 0 Å². The average molecular weight is 272 g/mol. The van der Waals surface area contributed by atoms with Crippen LogP contribution in [0.1, 0.15) is 5.56 Å². The van der Waals surface area contributed by atoms with Crippen LogP contribution >= 0.6 is 15.9 Å². The van der Waals surface area contributed by atoms with Crippen molar-refractivity contribution in [3.63, 3.8) is 0 Å². The maximum Gasteiger partial charge on any atom is 0.414 e. The van der Waals surface area contributed by atoms with Crippen LogP contribution in [-0.4, -0.2) is 17.3 Å². The Bertz CT molecular complexity index is 340. The Hall–Kier alpha value is -1.36. The van der Waals surface area contributed by atoms with Gasteiger partial charge in [-0.25, -0.2) is 4.79 Å². The lowest BCUT2D eigenvalue weighted by molar-refractivity contribution is -0.117. The van der Waals surface area contributed by atoms with Gasteiger partial charge in [0.05, 0.1) is 5.33 Å². The number of benzene rings is 1. The summed E-state index contributed by atoms with van der Waals surface area (Å²) in [6.45, 7) is 0.155. The Morgan fingerprint density at radius 3 is 2.53 bits per heavy atom. The number of carbonyl (C=O) groups excluding carboxylic acids is 2. The van der Waals surface area contributed by atoms with Crippen molar-refractivity contribution in [2.75, 3.05) is 5.33 Å². The number of alkyl carbamates (subject to hydrolysis) is 1. The molecule has 0 unspecified atom stereocenters. The van der Waals surface area contributed by atoms with E-state index in [1.165, 1.54) is 0 Å². The minimum Gasteiger partial charge on any atom is -0.444 e. The van der Waals surface area contributed by atoms with Crippen molar-refractivity contribution in [3.05, 3.63) is 35.9 Å². The van der Waals surface area contributed by atoms with Crippen LogP contribution in [0.4, 0.5) is 4.79 Å². The van der Waals surface area contributed by atoms with Gasteiger partial charge >= 0.3 is 6.09 Å². The number of hydrogen-bond donors (Lipinski definition) is 1. The fourth-order valence-electron chi connectivity index (χ4n) is 0.906. The average Bonchev–Trinajstić information content (AvgIpc) is 2.27. The van der Waals surface area contributed by atoms with Crippen molar-refractivity contribution >= 4 is 27.9 Å². The summed E-state index contributed by atoms with van der Waals surface area (Å²) in [6.07, 6.45) is -0.733. The van der Waals surface area contributed by atoms with E-state index in [1.807, 2.05) is 30.3 Å². The lowest BCUT2D eigenvalue weighted by Crippen LogP contribution is -2.31. The number of imide groups is 1. The molecule has 4 nitrogen and oxygen atoms in total. The largest absolute Gasteiger partial charge is 0.444 e. The summed E-state index contributed by atoms with van der Waals surface area (Å²) >= 11 is 2.92. The van der Waals surface area contributed by atoms with Gasteiger partial charge in [-0.05, 0) is 5.56 Å². The lowest BCUT2D eigenvalue weighted by atomic mass is 10.2. The minimum atomic E-state index is -0.733. The third kappa shape index (κ3) is 4.60. The van der Waals surface area contributed by atoms with Crippen LogP contribution in [0.3, 0.4) is 0 Å². The summed E-state index contributed by atoms with van der Waals surface area (Å²) in [5.74, 6) is -0.423. The topological polar surface area (TPSA) is 55.4 Å². The van der Waals surface area contributed by atoms with Gasteiger partial charge in [0.15, 0.2) is 0 Å². The molecule has 0 atom stereocenters. The standard InChI is InChI=1S/C10H10BrNO3/c11-6-9(13)12-10(14)15-7-8-4-2-1-3-5-8/h1-5H,6-7H2,(H,12,13,14). The second-order valence-corrected chi connectivity index (χ2v) is 3.30. The summed E-state index contributed by atoms with van der Waals surface area (Å²) < 4.78 is 4.81. The van der Waals surface area contributed by atoms with Gasteiger partial charge in [0.25, 0.3) is 0 Å². The number of alkyl halides is 1. The van der Waals surface area contributed by atoms with Gasteiger partial charge in [-0.15, -0.1) is 0 Å². The molecule has 1 N–H and O–H groups in total. The number of ether oxygens (including phenoxy) is 1. The summed E-state index contributed by atoms with van der Waals surface area (Å²) in [5.41, 5.74) is 0.874. The van der Waals surface area contributed by atoms with Gasteiger partial charge in [-0.1, -0.05) is 46.3 Å². The molecular formula is C10H10BrNO3. The Morgan fingerprint density at radius 2 is 1.93 bits per heavy atom. The third-order valence-corrected chi connectivity index (χ3v) is 2.08. The normalized spacial score (nSPS) is 9.40. The highest BCUT2D eigenvalue weighted by atomic mass is 79.9. The van der Waals surface area contributed by atoms with Crippen molar-refractivity contribution in [1.82, 2.24) is 5.32 Å². The van der Waals surface area contributed by atoms with Crippen molar-refractivity contribution in [2.45, 2.75) is 6.61 Å². The van der Waals surface area contributed by atoms with E-state index in [-0.39, 0.29) is 11.9 Å². The highest BCUT2D eigenvalue weighted by molar-refractivity contribution is 9.09. The van der Waals surface area contributed by atoms with E-state index in [9.17, 15) is 9.59 Å². The Labute approximate surface area is 95.7 Å². The van der Waals surface area contributed by atoms with Crippen LogP contribution in [0.15, 0.2) is 30.3 Å². The van der Waals surface area contributed by atoms with E-state index in [0.29, 0.717) is 0 Å². The van der Waals surface area contributed by atoms with Crippen molar-refractivity contribution < 1.29 is 14.3 Å². The molecule has 0 bridgehead atoms. The fourth-order valence-corrected chi connectivity index (χ4v) is 1.05. The van der Waals surface area contributed by atoms with Gasteiger partial charge in [0.1, 0.15) is 6.61 Å². The summed E-state index contributed by atoms with van der Waals surface area (Å²) in [4.78, 5) is 21.8. The number of halogens is 1. The van der Waals surface area contributed by atoms with Gasteiger partial charge in [0.2, 0.25) is 5.91 Å². The maximum absolute atomic E-state index is 11.0. The van der Waals surface area contributed by atoms with Gasteiger partial charge in [-0.2, -0.15) is 0 Å². The molecule has 0 spiro atoms. The lowest BCUT2D eigenvalue weighted by Gasteiger charge is -2.04. The molecule has 0 aromatic heterocycles. The minimum absolute atomic E-state index is 0.0768. The van der Waals surface area contributed by atoms with Crippen LogP contribution in [0.2, 0.25) is 0 Å². The molecule has 5 heteroatoms. The Balaban J connectivity index is 2.32. The molecule has 1 aromatic rings. The van der Waals surface area contributed by atoms with Crippen LogP contribution in [-0.2, 0) is 16.1 Å². The van der Waals surface area contributed by atoms with E-state index in [4.69, 9.17) is 4.74 Å². The quantitative estimate of drug-likeness (QED) is 0.854. The molecule has 2 amide bonds. The first-order valence-electron chi connectivity index (χ1n) is 4.29. The highest BCUT2D eigenvalue weighted by Gasteiger charge is 2.06. The fraction of sp³-hybridized carbons (Fsp3) is 0.200. The van der Waals surface area contributed by atoms with E-state index in [0.717, 1.165) is 5.56 Å². The van der Waals surface area contributed by atoms with E-state index in [1.54, 1.807) is 0 Å². The molecule has 1 aromatic carbocycles. The molecule has 0 saturated carbocycles. The molecule has 0 aliphatic rings. The molecule has 0 heterocycles. The predicted octanol–water partition coefficient (Wildman–Crippen LogP) is 1.83. The zero-order valence-corrected chi connectivity index (χ0v) is 9.49. The first-order valence-corrected chi connectivity index (χ1v) is 5.41. The number of amides is 2. The monoisotopic (exact) mass is 271 g/mol. The number of hydrogen-bond acceptors (Lipinski definition) is 3. The first kappa shape index (κ1) is 11.7. The van der Waals surface area contributed by atoms with Crippen molar-refractivity contribution in [3.8, 4) is 0 Å². The molecule has 0 aliphatic heterocycles. The van der Waals surface area contributed by atoms with Crippen LogP contribution in [0.5, 0.6) is 0 Å². The molecule has 0 saturated heterocycles. The number of rotatable bonds is 3. The van der Waals surface area contributed by atoms with Crippen LogP contribution in [0, 0.1) is 0 Å². The summed E-state index contributed by atoms with van der Waals surface area (Å²) in [6, 6.07) is 9.23. The summed E-state index contributed by atoms with van der Waals surface area (Å²) in [5, 5.41) is 2.13. The van der Waals surface area contributed by atoms with E-state index in [2.05, 4.69) is 21.2 Å². The number of carbonyl (C=O) groups is 2. The zero-order chi connectivity index (χ0) is 11.1.